The van der Waals surface area contributed by atoms with Gasteiger partial charge in [0.25, 0.3) is 0 Å². The lowest BCUT2D eigenvalue weighted by atomic mass is 10.1. The lowest BCUT2D eigenvalue weighted by Gasteiger charge is -2.14. The second-order valence-corrected chi connectivity index (χ2v) is 5.83. The predicted octanol–water partition coefficient (Wildman–Crippen LogP) is 4.39. The van der Waals surface area contributed by atoms with Crippen LogP contribution < -0.4 is 10.1 Å². The maximum Gasteiger partial charge on any atom is 0.356 e. The topological polar surface area (TPSA) is 60.5 Å². The van der Waals surface area contributed by atoms with E-state index in [0.29, 0.717) is 11.3 Å². The number of hydrogen-bond acceptors (Lipinski definition) is 5. The molecule has 1 heterocycles. The molecule has 0 saturated carbocycles. The van der Waals surface area contributed by atoms with Crippen LogP contribution in [0, 0.1) is 13.8 Å². The van der Waals surface area contributed by atoms with Crippen molar-refractivity contribution >= 4 is 28.2 Å². The van der Waals surface area contributed by atoms with Gasteiger partial charge in [-0.15, -0.1) is 0 Å². The minimum atomic E-state index is -0.490. The summed E-state index contributed by atoms with van der Waals surface area (Å²) in [6, 6.07) is 13.5. The van der Waals surface area contributed by atoms with E-state index < -0.39 is 5.97 Å². The molecule has 1 N–H and O–H groups in total. The zero-order valence-corrected chi connectivity index (χ0v) is 14.7. The smallest absolute Gasteiger partial charge is 0.356 e. The van der Waals surface area contributed by atoms with E-state index in [1.54, 1.807) is 13.2 Å². The summed E-state index contributed by atoms with van der Waals surface area (Å²) in [6.07, 6.45) is 0. The van der Waals surface area contributed by atoms with Crippen molar-refractivity contribution < 1.29 is 14.3 Å². The third-order valence-electron chi connectivity index (χ3n) is 4.20. The minimum Gasteiger partial charge on any atom is -0.494 e. The number of anilines is 2. The molecule has 0 fully saturated rings. The molecule has 3 rings (SSSR count). The highest BCUT2D eigenvalue weighted by molar-refractivity contribution is 6.00. The lowest BCUT2D eigenvalue weighted by Crippen LogP contribution is -2.06. The second-order valence-electron chi connectivity index (χ2n) is 5.83. The first-order valence-electron chi connectivity index (χ1n) is 7.94. The second kappa shape index (κ2) is 6.81. The van der Waals surface area contributed by atoms with Crippen LogP contribution in [0.4, 0.5) is 11.4 Å². The molecule has 2 aromatic carbocycles. The molecule has 5 heteroatoms. The third kappa shape index (κ3) is 3.26. The molecule has 1 aromatic heterocycles. The van der Waals surface area contributed by atoms with Crippen LogP contribution in [0.2, 0.25) is 0 Å². The zero-order chi connectivity index (χ0) is 18.0. The quantitative estimate of drug-likeness (QED) is 0.716. The number of rotatable bonds is 4. The Morgan fingerprint density at radius 1 is 1.04 bits per heavy atom. The molecule has 3 aromatic rings. The van der Waals surface area contributed by atoms with Crippen LogP contribution in [-0.4, -0.2) is 25.2 Å². The van der Waals surface area contributed by atoms with Crippen molar-refractivity contribution in [2.75, 3.05) is 19.5 Å². The summed E-state index contributed by atoms with van der Waals surface area (Å²) >= 11 is 0. The van der Waals surface area contributed by atoms with Crippen molar-refractivity contribution in [3.8, 4) is 5.75 Å². The highest BCUT2D eigenvalue weighted by atomic mass is 16.5. The van der Waals surface area contributed by atoms with Gasteiger partial charge >= 0.3 is 5.97 Å². The summed E-state index contributed by atoms with van der Waals surface area (Å²) in [7, 11) is 2.92. The molecule has 0 atom stereocenters. The number of fused-ring (bicyclic) bond motifs is 1. The predicted molar refractivity (Wildman–Crippen MR) is 98.8 cm³/mol. The standard InChI is InChI=1S/C20H20N2O3/c1-12-8-9-14(10-13(12)2)21-16-11-17(20(23)25-4)22-19-15(16)6-5-7-18(19)24-3/h5-11H,1-4H3,(H,21,22). The fourth-order valence-electron chi connectivity index (χ4n) is 2.67. The van der Waals surface area contributed by atoms with E-state index in [0.717, 1.165) is 16.8 Å². The summed E-state index contributed by atoms with van der Waals surface area (Å²) in [5, 5.41) is 4.25. The number of benzene rings is 2. The number of nitrogens with one attached hydrogen (secondary N) is 1. The van der Waals surface area contributed by atoms with Gasteiger partial charge < -0.3 is 14.8 Å². The van der Waals surface area contributed by atoms with Crippen LogP contribution >= 0.6 is 0 Å². The molecule has 25 heavy (non-hydrogen) atoms. The number of pyridine rings is 1. The molecule has 0 aliphatic carbocycles. The third-order valence-corrected chi connectivity index (χ3v) is 4.20. The normalized spacial score (nSPS) is 10.6. The number of carbonyl (C=O) groups is 1. The van der Waals surface area contributed by atoms with Crippen LogP contribution in [0.5, 0.6) is 5.75 Å². The van der Waals surface area contributed by atoms with Gasteiger partial charge in [0.1, 0.15) is 11.3 Å². The van der Waals surface area contributed by atoms with Gasteiger partial charge in [-0.1, -0.05) is 18.2 Å². The molecular weight excluding hydrogens is 316 g/mol. The maximum absolute atomic E-state index is 12.0. The number of ether oxygens (including phenoxy) is 2. The molecule has 0 aliphatic rings. The van der Waals surface area contributed by atoms with Gasteiger partial charge in [-0.05, 0) is 49.2 Å². The Balaban J connectivity index is 2.17. The fraction of sp³-hybridized carbons (Fsp3) is 0.200. The number of esters is 1. The van der Waals surface area contributed by atoms with Gasteiger partial charge in [0.15, 0.2) is 5.69 Å². The number of nitrogens with zero attached hydrogens (tertiary/aromatic N) is 1. The first-order valence-corrected chi connectivity index (χ1v) is 7.94. The van der Waals surface area contributed by atoms with Crippen molar-refractivity contribution in [1.29, 1.82) is 0 Å². The summed E-state index contributed by atoms with van der Waals surface area (Å²) in [5.74, 6) is 0.113. The van der Waals surface area contributed by atoms with Gasteiger partial charge in [-0.25, -0.2) is 9.78 Å². The van der Waals surface area contributed by atoms with E-state index in [-0.39, 0.29) is 5.69 Å². The molecule has 0 bridgehead atoms. The maximum atomic E-state index is 12.0. The van der Waals surface area contributed by atoms with E-state index in [9.17, 15) is 4.79 Å². The SMILES string of the molecule is COC(=O)c1cc(Nc2ccc(C)c(C)c2)c2cccc(OC)c2n1. The Kier molecular flexibility index (Phi) is 4.57. The number of para-hydroxylation sites is 1. The van der Waals surface area contributed by atoms with Crippen LogP contribution in [-0.2, 0) is 4.74 Å². The van der Waals surface area contributed by atoms with Crippen LogP contribution in [0.1, 0.15) is 21.6 Å². The van der Waals surface area contributed by atoms with Crippen molar-refractivity contribution in [2.24, 2.45) is 0 Å². The van der Waals surface area contributed by atoms with Gasteiger partial charge in [-0.2, -0.15) is 0 Å². The Morgan fingerprint density at radius 2 is 1.84 bits per heavy atom. The first-order chi connectivity index (χ1) is 12.0. The summed E-state index contributed by atoms with van der Waals surface area (Å²) in [4.78, 5) is 16.4. The number of hydrogen-bond donors (Lipinski definition) is 1. The van der Waals surface area contributed by atoms with E-state index in [4.69, 9.17) is 9.47 Å². The van der Waals surface area contributed by atoms with Crippen LogP contribution in [0.15, 0.2) is 42.5 Å². The van der Waals surface area contributed by atoms with Gasteiger partial charge in [0, 0.05) is 11.1 Å². The van der Waals surface area contributed by atoms with Crippen molar-refractivity contribution in [2.45, 2.75) is 13.8 Å². The van der Waals surface area contributed by atoms with E-state index in [1.165, 1.54) is 18.2 Å². The van der Waals surface area contributed by atoms with Gasteiger partial charge in [0.05, 0.1) is 19.9 Å². The fourth-order valence-corrected chi connectivity index (χ4v) is 2.67. The Morgan fingerprint density at radius 3 is 2.52 bits per heavy atom. The van der Waals surface area contributed by atoms with Crippen molar-refractivity contribution in [3.05, 3.63) is 59.3 Å². The highest BCUT2D eigenvalue weighted by Gasteiger charge is 2.15. The number of carbonyl (C=O) groups excluding carboxylic acids is 1. The van der Waals surface area contributed by atoms with Crippen LogP contribution in [0.3, 0.4) is 0 Å². The van der Waals surface area contributed by atoms with Crippen molar-refractivity contribution in [3.63, 3.8) is 0 Å². The molecule has 0 unspecified atom stereocenters. The largest absolute Gasteiger partial charge is 0.494 e. The van der Waals surface area contributed by atoms with E-state index >= 15 is 0 Å². The van der Waals surface area contributed by atoms with E-state index in [1.807, 2.05) is 24.3 Å². The lowest BCUT2D eigenvalue weighted by molar-refractivity contribution is 0.0594. The minimum absolute atomic E-state index is 0.228. The molecular formula is C20H20N2O3. The summed E-state index contributed by atoms with van der Waals surface area (Å²) in [6.45, 7) is 4.13. The molecule has 0 radical (unpaired) electrons. The Hall–Kier alpha value is -3.08. The highest BCUT2D eigenvalue weighted by Crippen LogP contribution is 2.32. The number of aromatic nitrogens is 1. The number of methoxy groups -OCH3 is 2. The zero-order valence-electron chi connectivity index (χ0n) is 14.7. The molecule has 5 nitrogen and oxygen atoms in total. The Bertz CT molecular complexity index is 951. The van der Waals surface area contributed by atoms with Gasteiger partial charge in [0.2, 0.25) is 0 Å². The average molecular weight is 336 g/mol. The first kappa shape index (κ1) is 16.8. The monoisotopic (exact) mass is 336 g/mol. The number of aryl methyl sites for hydroxylation is 2. The van der Waals surface area contributed by atoms with Crippen LogP contribution in [0.25, 0.3) is 10.9 Å². The molecule has 0 saturated heterocycles. The summed E-state index contributed by atoms with van der Waals surface area (Å²) in [5.41, 5.74) is 4.96. The molecule has 0 amide bonds. The van der Waals surface area contributed by atoms with Crippen molar-refractivity contribution in [1.82, 2.24) is 4.98 Å². The molecule has 0 aliphatic heterocycles. The molecule has 128 valence electrons. The summed E-state index contributed by atoms with van der Waals surface area (Å²) < 4.78 is 10.2. The Labute approximate surface area is 146 Å². The van der Waals surface area contributed by atoms with E-state index in [2.05, 4.69) is 36.3 Å². The molecule has 0 spiro atoms. The average Bonchev–Trinajstić information content (AvgIpc) is 2.63. The van der Waals surface area contributed by atoms with Gasteiger partial charge in [-0.3, -0.25) is 0 Å².